The monoisotopic (exact) mass is 293 g/mol. The number of carbonyl (C=O) groups excluding carboxylic acids is 1. The van der Waals surface area contributed by atoms with Gasteiger partial charge in [0.25, 0.3) is 0 Å². The highest BCUT2D eigenvalue weighted by Gasteiger charge is 2.08. The number of aromatic amines is 1. The Morgan fingerprint density at radius 3 is 3.05 bits per heavy atom. The zero-order valence-corrected chi connectivity index (χ0v) is 12.1. The van der Waals surface area contributed by atoms with Gasteiger partial charge in [0.2, 0.25) is 5.91 Å². The summed E-state index contributed by atoms with van der Waals surface area (Å²) in [6.45, 7) is 0.882. The molecule has 0 bridgehead atoms. The molecule has 0 atom stereocenters. The van der Waals surface area contributed by atoms with Crippen LogP contribution < -0.4 is 5.32 Å². The molecule has 108 valence electrons. The van der Waals surface area contributed by atoms with Crippen molar-refractivity contribution in [2.24, 2.45) is 0 Å². The summed E-state index contributed by atoms with van der Waals surface area (Å²) in [6, 6.07) is 7.75. The molecule has 0 saturated carbocycles. The Labute approximate surface area is 122 Å². The number of hydrogen-bond donors (Lipinski definition) is 3. The molecule has 3 N–H and O–H groups in total. The topological polar surface area (TPSA) is 78.0 Å². The number of aliphatic hydroxyl groups is 1. The van der Waals surface area contributed by atoms with Crippen molar-refractivity contribution in [1.29, 1.82) is 0 Å². The van der Waals surface area contributed by atoms with Crippen LogP contribution in [0.2, 0.25) is 0 Å². The average molecular weight is 293 g/mol. The first-order valence-electron chi connectivity index (χ1n) is 6.68. The van der Waals surface area contributed by atoms with Gasteiger partial charge in [-0.05, 0) is 18.2 Å². The van der Waals surface area contributed by atoms with E-state index in [-0.39, 0.29) is 12.5 Å². The molecule has 0 spiro atoms. The largest absolute Gasteiger partial charge is 0.396 e. The first-order chi connectivity index (χ1) is 9.81. The predicted octanol–water partition coefficient (Wildman–Crippen LogP) is 1.34. The number of aliphatic hydroxyl groups excluding tert-OH is 1. The molecule has 0 fully saturated rings. The van der Waals surface area contributed by atoms with E-state index in [0.29, 0.717) is 13.0 Å². The standard InChI is InChI=1S/C14H19N3O2S/c18-7-3-8-20-9-6-15-14(19)10-13-11-4-1-2-5-12(11)16-17-13/h1-2,4-5,18H,3,6-10H2,(H,15,19)(H,16,17). The van der Waals surface area contributed by atoms with E-state index < -0.39 is 0 Å². The van der Waals surface area contributed by atoms with Crippen LogP contribution in [0.3, 0.4) is 0 Å². The minimum Gasteiger partial charge on any atom is -0.396 e. The molecule has 0 saturated heterocycles. The van der Waals surface area contributed by atoms with Crippen molar-refractivity contribution in [3.8, 4) is 0 Å². The third kappa shape index (κ3) is 4.25. The van der Waals surface area contributed by atoms with Crippen molar-refractivity contribution < 1.29 is 9.90 Å². The van der Waals surface area contributed by atoms with Gasteiger partial charge >= 0.3 is 0 Å². The molecule has 5 nitrogen and oxygen atoms in total. The minimum atomic E-state index is 0.00200. The van der Waals surface area contributed by atoms with Crippen LogP contribution in [0.1, 0.15) is 12.1 Å². The Morgan fingerprint density at radius 2 is 2.20 bits per heavy atom. The SMILES string of the molecule is O=C(Cc1[nH]nc2ccccc12)NCCSCCCO. The molecule has 1 aromatic carbocycles. The van der Waals surface area contributed by atoms with Crippen molar-refractivity contribution in [3.63, 3.8) is 0 Å². The maximum atomic E-state index is 11.8. The summed E-state index contributed by atoms with van der Waals surface area (Å²) >= 11 is 1.74. The molecule has 0 aliphatic carbocycles. The third-order valence-electron chi connectivity index (χ3n) is 2.89. The number of amides is 1. The van der Waals surface area contributed by atoms with Gasteiger partial charge in [0.05, 0.1) is 17.6 Å². The number of nitrogens with zero attached hydrogens (tertiary/aromatic N) is 1. The summed E-state index contributed by atoms with van der Waals surface area (Å²) in [6.07, 6.45) is 1.13. The minimum absolute atomic E-state index is 0.00200. The van der Waals surface area contributed by atoms with Gasteiger partial charge in [0.15, 0.2) is 0 Å². The molecule has 2 aromatic rings. The molecule has 6 heteroatoms. The van der Waals surface area contributed by atoms with E-state index in [2.05, 4.69) is 15.5 Å². The fourth-order valence-corrected chi connectivity index (χ4v) is 2.69. The highest BCUT2D eigenvalue weighted by Crippen LogP contribution is 2.15. The smallest absolute Gasteiger partial charge is 0.226 e. The van der Waals surface area contributed by atoms with Crippen molar-refractivity contribution in [3.05, 3.63) is 30.0 Å². The number of carbonyl (C=O) groups is 1. The number of nitrogens with one attached hydrogen (secondary N) is 2. The zero-order chi connectivity index (χ0) is 14.2. The fraction of sp³-hybridized carbons (Fsp3) is 0.429. The van der Waals surface area contributed by atoms with Gasteiger partial charge in [-0.15, -0.1) is 0 Å². The van der Waals surface area contributed by atoms with Gasteiger partial charge in [-0.1, -0.05) is 18.2 Å². The van der Waals surface area contributed by atoms with E-state index in [1.54, 1.807) is 11.8 Å². The van der Waals surface area contributed by atoms with Crippen LogP contribution in [0.15, 0.2) is 24.3 Å². The molecule has 1 amide bonds. The van der Waals surface area contributed by atoms with Crippen LogP contribution in [0.5, 0.6) is 0 Å². The van der Waals surface area contributed by atoms with Gasteiger partial charge < -0.3 is 10.4 Å². The van der Waals surface area contributed by atoms with E-state index in [9.17, 15) is 4.79 Å². The Morgan fingerprint density at radius 1 is 1.35 bits per heavy atom. The quantitative estimate of drug-likeness (QED) is 0.642. The van der Waals surface area contributed by atoms with E-state index >= 15 is 0 Å². The lowest BCUT2D eigenvalue weighted by atomic mass is 10.1. The van der Waals surface area contributed by atoms with Crippen LogP contribution in [0.25, 0.3) is 10.9 Å². The Kier molecular flexibility index (Phi) is 5.88. The lowest BCUT2D eigenvalue weighted by Gasteiger charge is -2.04. The highest BCUT2D eigenvalue weighted by atomic mass is 32.2. The second-order valence-corrected chi connectivity index (χ2v) is 5.66. The van der Waals surface area contributed by atoms with Crippen molar-refractivity contribution in [2.75, 3.05) is 24.7 Å². The summed E-state index contributed by atoms with van der Waals surface area (Å²) < 4.78 is 0. The normalized spacial score (nSPS) is 10.8. The van der Waals surface area contributed by atoms with E-state index in [1.807, 2.05) is 24.3 Å². The molecular weight excluding hydrogens is 274 g/mol. The summed E-state index contributed by atoms with van der Waals surface area (Å²) in [7, 11) is 0. The number of para-hydroxylation sites is 1. The summed E-state index contributed by atoms with van der Waals surface area (Å²) in [5, 5.41) is 19.6. The van der Waals surface area contributed by atoms with Crippen LogP contribution >= 0.6 is 11.8 Å². The van der Waals surface area contributed by atoms with Gasteiger partial charge in [-0.2, -0.15) is 16.9 Å². The Hall–Kier alpha value is -1.53. The zero-order valence-electron chi connectivity index (χ0n) is 11.3. The second-order valence-electron chi connectivity index (χ2n) is 4.44. The second kappa shape index (κ2) is 7.91. The molecule has 0 aliphatic rings. The van der Waals surface area contributed by atoms with E-state index in [1.165, 1.54) is 0 Å². The maximum absolute atomic E-state index is 11.8. The molecular formula is C14H19N3O2S. The van der Waals surface area contributed by atoms with Gasteiger partial charge in [0, 0.05) is 24.3 Å². The highest BCUT2D eigenvalue weighted by molar-refractivity contribution is 7.99. The Bertz CT molecular complexity index is 556. The third-order valence-corrected chi connectivity index (χ3v) is 3.96. The van der Waals surface area contributed by atoms with Gasteiger partial charge in [-0.25, -0.2) is 0 Å². The number of rotatable bonds is 8. The first-order valence-corrected chi connectivity index (χ1v) is 7.84. The number of aromatic nitrogens is 2. The molecule has 1 aromatic heterocycles. The predicted molar refractivity (Wildman–Crippen MR) is 81.8 cm³/mol. The van der Waals surface area contributed by atoms with Crippen molar-refractivity contribution in [1.82, 2.24) is 15.5 Å². The number of fused-ring (bicyclic) bond motifs is 1. The number of hydrogen-bond acceptors (Lipinski definition) is 4. The molecule has 0 radical (unpaired) electrons. The molecule has 0 unspecified atom stereocenters. The lowest BCUT2D eigenvalue weighted by Crippen LogP contribution is -2.27. The van der Waals surface area contributed by atoms with Crippen LogP contribution in [0.4, 0.5) is 0 Å². The Balaban J connectivity index is 1.74. The van der Waals surface area contributed by atoms with Crippen molar-refractivity contribution >= 4 is 28.6 Å². The fourth-order valence-electron chi connectivity index (χ4n) is 1.90. The van der Waals surface area contributed by atoms with E-state index in [0.717, 1.165) is 34.5 Å². The van der Waals surface area contributed by atoms with Gasteiger partial charge in [-0.3, -0.25) is 9.89 Å². The summed E-state index contributed by atoms with van der Waals surface area (Å²) in [5.74, 6) is 1.80. The van der Waals surface area contributed by atoms with Crippen molar-refractivity contribution in [2.45, 2.75) is 12.8 Å². The molecule has 20 heavy (non-hydrogen) atoms. The van der Waals surface area contributed by atoms with Gasteiger partial charge in [0.1, 0.15) is 0 Å². The number of thioether (sulfide) groups is 1. The maximum Gasteiger partial charge on any atom is 0.226 e. The first kappa shape index (κ1) is 14.9. The van der Waals surface area contributed by atoms with Crippen LogP contribution in [0, 0.1) is 0 Å². The van der Waals surface area contributed by atoms with E-state index in [4.69, 9.17) is 5.11 Å². The molecule has 2 rings (SSSR count). The summed E-state index contributed by atoms with van der Waals surface area (Å²) in [4.78, 5) is 11.8. The molecule has 0 aliphatic heterocycles. The molecule has 1 heterocycles. The number of benzene rings is 1. The number of H-pyrrole nitrogens is 1. The lowest BCUT2D eigenvalue weighted by molar-refractivity contribution is -0.120. The van der Waals surface area contributed by atoms with Crippen LogP contribution in [-0.4, -0.2) is 45.9 Å². The van der Waals surface area contributed by atoms with Crippen LogP contribution in [-0.2, 0) is 11.2 Å². The summed E-state index contributed by atoms with van der Waals surface area (Å²) in [5.41, 5.74) is 1.74. The average Bonchev–Trinajstić information content (AvgIpc) is 2.86.